The largest absolute Gasteiger partial charge is 0.393 e. The van der Waals surface area contributed by atoms with Crippen LogP contribution in [0.15, 0.2) is 0 Å². The molecule has 1 unspecified atom stereocenters. The Labute approximate surface area is 123 Å². The van der Waals surface area contributed by atoms with Gasteiger partial charge in [0.15, 0.2) is 0 Å². The van der Waals surface area contributed by atoms with E-state index >= 15 is 0 Å². The Hall–Kier alpha value is -0.160. The average molecular weight is 287 g/mol. The molecule has 0 heterocycles. The number of ether oxygens (including phenoxy) is 1. The SMILES string of the molecule is CCCCCCOCC(O)CNCC1CCC(O)CC1. The van der Waals surface area contributed by atoms with Crippen LogP contribution in [0, 0.1) is 5.92 Å². The summed E-state index contributed by atoms with van der Waals surface area (Å²) < 4.78 is 5.48. The lowest BCUT2D eigenvalue weighted by molar-refractivity contribution is 0.0343. The summed E-state index contributed by atoms with van der Waals surface area (Å²) in [6.45, 7) is 4.94. The molecule has 0 radical (unpaired) electrons. The smallest absolute Gasteiger partial charge is 0.0897 e. The lowest BCUT2D eigenvalue weighted by Gasteiger charge is -2.25. The highest BCUT2D eigenvalue weighted by atomic mass is 16.5. The minimum absolute atomic E-state index is 0.0852. The van der Waals surface area contributed by atoms with Crippen LogP contribution >= 0.6 is 0 Å². The molecule has 1 aliphatic carbocycles. The first-order valence-electron chi connectivity index (χ1n) is 8.37. The second kappa shape index (κ2) is 11.5. The normalized spacial score (nSPS) is 24.8. The fourth-order valence-corrected chi connectivity index (χ4v) is 2.71. The molecule has 1 rings (SSSR count). The maximum atomic E-state index is 9.80. The van der Waals surface area contributed by atoms with Gasteiger partial charge >= 0.3 is 0 Å². The van der Waals surface area contributed by atoms with Gasteiger partial charge in [-0.2, -0.15) is 0 Å². The molecule has 0 aromatic rings. The van der Waals surface area contributed by atoms with Gasteiger partial charge in [-0.3, -0.25) is 0 Å². The van der Waals surface area contributed by atoms with Crippen molar-refractivity contribution in [3.05, 3.63) is 0 Å². The molecule has 0 aromatic heterocycles. The molecule has 1 atom stereocenters. The van der Waals surface area contributed by atoms with Gasteiger partial charge in [0.2, 0.25) is 0 Å². The molecule has 0 bridgehead atoms. The van der Waals surface area contributed by atoms with Crippen molar-refractivity contribution in [1.29, 1.82) is 0 Å². The van der Waals surface area contributed by atoms with Crippen molar-refractivity contribution in [3.8, 4) is 0 Å². The number of hydrogen-bond donors (Lipinski definition) is 3. The van der Waals surface area contributed by atoms with Crippen LogP contribution in [0.5, 0.6) is 0 Å². The lowest BCUT2D eigenvalue weighted by Crippen LogP contribution is -2.35. The van der Waals surface area contributed by atoms with E-state index in [2.05, 4.69) is 12.2 Å². The van der Waals surface area contributed by atoms with Crippen LogP contribution in [-0.2, 0) is 4.74 Å². The van der Waals surface area contributed by atoms with Crippen LogP contribution in [0.2, 0.25) is 0 Å². The molecule has 0 amide bonds. The van der Waals surface area contributed by atoms with Crippen LogP contribution in [0.4, 0.5) is 0 Å². The van der Waals surface area contributed by atoms with Gasteiger partial charge in [0.05, 0.1) is 18.8 Å². The van der Waals surface area contributed by atoms with Crippen molar-refractivity contribution in [2.45, 2.75) is 70.5 Å². The predicted octanol–water partition coefficient (Wildman–Crippen LogP) is 2.08. The van der Waals surface area contributed by atoms with Crippen molar-refractivity contribution < 1.29 is 14.9 Å². The molecule has 1 saturated carbocycles. The third-order valence-corrected chi connectivity index (χ3v) is 4.08. The molecular weight excluding hydrogens is 254 g/mol. The summed E-state index contributed by atoms with van der Waals surface area (Å²) >= 11 is 0. The van der Waals surface area contributed by atoms with Gasteiger partial charge in [-0.1, -0.05) is 26.2 Å². The highest BCUT2D eigenvalue weighted by Crippen LogP contribution is 2.23. The average Bonchev–Trinajstić information content (AvgIpc) is 2.45. The van der Waals surface area contributed by atoms with Gasteiger partial charge in [0.25, 0.3) is 0 Å². The minimum atomic E-state index is -0.407. The van der Waals surface area contributed by atoms with Crippen molar-refractivity contribution >= 4 is 0 Å². The van der Waals surface area contributed by atoms with Crippen LogP contribution < -0.4 is 5.32 Å². The van der Waals surface area contributed by atoms with Crippen molar-refractivity contribution in [2.24, 2.45) is 5.92 Å². The van der Waals surface area contributed by atoms with Gasteiger partial charge in [0, 0.05) is 13.2 Å². The zero-order valence-electron chi connectivity index (χ0n) is 13.0. The number of aliphatic hydroxyl groups excluding tert-OH is 2. The Balaban J connectivity index is 1.88. The third kappa shape index (κ3) is 8.90. The summed E-state index contributed by atoms with van der Waals surface area (Å²) in [6, 6.07) is 0. The Morgan fingerprint density at radius 1 is 1.15 bits per heavy atom. The molecule has 120 valence electrons. The van der Waals surface area contributed by atoms with E-state index in [0.717, 1.165) is 45.3 Å². The third-order valence-electron chi connectivity index (χ3n) is 4.08. The molecule has 20 heavy (non-hydrogen) atoms. The molecule has 0 saturated heterocycles. The molecule has 0 aliphatic heterocycles. The number of rotatable bonds is 11. The fraction of sp³-hybridized carbons (Fsp3) is 1.00. The zero-order chi connectivity index (χ0) is 14.6. The predicted molar refractivity (Wildman–Crippen MR) is 81.8 cm³/mol. The van der Waals surface area contributed by atoms with E-state index in [-0.39, 0.29) is 6.10 Å². The fourth-order valence-electron chi connectivity index (χ4n) is 2.71. The number of hydrogen-bond acceptors (Lipinski definition) is 4. The highest BCUT2D eigenvalue weighted by Gasteiger charge is 2.19. The van der Waals surface area contributed by atoms with E-state index in [4.69, 9.17) is 4.74 Å². The second-order valence-electron chi connectivity index (χ2n) is 6.12. The number of nitrogens with one attached hydrogen (secondary N) is 1. The highest BCUT2D eigenvalue weighted by molar-refractivity contribution is 4.73. The van der Waals surface area contributed by atoms with Gasteiger partial charge in [-0.25, -0.2) is 0 Å². The molecular formula is C16H33NO3. The van der Waals surface area contributed by atoms with E-state index in [9.17, 15) is 10.2 Å². The van der Waals surface area contributed by atoms with E-state index in [0.29, 0.717) is 19.1 Å². The molecule has 1 aliphatic rings. The maximum absolute atomic E-state index is 9.80. The Bertz CT molecular complexity index is 218. The summed E-state index contributed by atoms with van der Waals surface area (Å²) in [5.74, 6) is 0.653. The van der Waals surface area contributed by atoms with Gasteiger partial charge < -0.3 is 20.3 Å². The lowest BCUT2D eigenvalue weighted by atomic mass is 9.87. The van der Waals surface area contributed by atoms with Crippen LogP contribution in [0.1, 0.15) is 58.3 Å². The monoisotopic (exact) mass is 287 g/mol. The quantitative estimate of drug-likeness (QED) is 0.509. The van der Waals surface area contributed by atoms with Crippen molar-refractivity contribution in [2.75, 3.05) is 26.3 Å². The minimum Gasteiger partial charge on any atom is -0.393 e. The van der Waals surface area contributed by atoms with Crippen LogP contribution in [-0.4, -0.2) is 48.7 Å². The molecule has 4 nitrogen and oxygen atoms in total. The molecule has 4 heteroatoms. The first-order chi connectivity index (χ1) is 9.72. The van der Waals surface area contributed by atoms with Crippen LogP contribution in [0.3, 0.4) is 0 Å². The van der Waals surface area contributed by atoms with Gasteiger partial charge in [-0.15, -0.1) is 0 Å². The summed E-state index contributed by atoms with van der Waals surface area (Å²) in [6.07, 6.45) is 8.38. The van der Waals surface area contributed by atoms with Crippen LogP contribution in [0.25, 0.3) is 0 Å². The standard InChI is InChI=1S/C16H33NO3/c1-2-3-4-5-10-20-13-16(19)12-17-11-14-6-8-15(18)9-7-14/h14-19H,2-13H2,1H3. The summed E-state index contributed by atoms with van der Waals surface area (Å²) in [5, 5.41) is 22.6. The first-order valence-corrected chi connectivity index (χ1v) is 8.37. The van der Waals surface area contributed by atoms with Crippen molar-refractivity contribution in [3.63, 3.8) is 0 Å². The van der Waals surface area contributed by atoms with E-state index in [1.54, 1.807) is 0 Å². The zero-order valence-corrected chi connectivity index (χ0v) is 13.0. The van der Waals surface area contributed by atoms with E-state index < -0.39 is 6.10 Å². The van der Waals surface area contributed by atoms with E-state index in [1.165, 1.54) is 19.3 Å². The topological polar surface area (TPSA) is 61.7 Å². The summed E-state index contributed by atoms with van der Waals surface area (Å²) in [7, 11) is 0. The number of aliphatic hydroxyl groups is 2. The number of unbranched alkanes of at least 4 members (excludes halogenated alkanes) is 3. The van der Waals surface area contributed by atoms with Gasteiger partial charge in [0.1, 0.15) is 0 Å². The summed E-state index contributed by atoms with van der Waals surface area (Å²) in [4.78, 5) is 0. The van der Waals surface area contributed by atoms with Crippen molar-refractivity contribution in [1.82, 2.24) is 5.32 Å². The molecule has 3 N–H and O–H groups in total. The molecule has 1 fully saturated rings. The second-order valence-corrected chi connectivity index (χ2v) is 6.12. The molecule has 0 aromatic carbocycles. The molecule has 0 spiro atoms. The maximum Gasteiger partial charge on any atom is 0.0897 e. The Morgan fingerprint density at radius 3 is 2.60 bits per heavy atom. The Kier molecular flexibility index (Phi) is 10.3. The summed E-state index contributed by atoms with van der Waals surface area (Å²) in [5.41, 5.74) is 0. The Morgan fingerprint density at radius 2 is 1.90 bits per heavy atom. The van der Waals surface area contributed by atoms with Gasteiger partial charge in [-0.05, 0) is 44.6 Å². The van der Waals surface area contributed by atoms with E-state index in [1.807, 2.05) is 0 Å². The first kappa shape index (κ1) is 17.9.